The van der Waals surface area contributed by atoms with Gasteiger partial charge in [-0.25, -0.2) is 14.4 Å². The Morgan fingerprint density at radius 1 is 1.14 bits per heavy atom. The van der Waals surface area contributed by atoms with Crippen LogP contribution in [0.1, 0.15) is 29.9 Å². The maximum Gasteiger partial charge on any atom is 0.274 e. The molecular weight excluding hydrogens is 283 g/mol. The van der Waals surface area contributed by atoms with Crippen LogP contribution in [0.2, 0.25) is 0 Å². The normalized spacial score (nSPS) is 10.3. The summed E-state index contributed by atoms with van der Waals surface area (Å²) < 4.78 is 12.8. The van der Waals surface area contributed by atoms with Gasteiger partial charge in [0.15, 0.2) is 0 Å². The van der Waals surface area contributed by atoms with E-state index in [4.69, 9.17) is 0 Å². The fourth-order valence-electron chi connectivity index (χ4n) is 2.00. The van der Waals surface area contributed by atoms with Gasteiger partial charge < -0.3 is 10.2 Å². The molecule has 0 spiro atoms. The highest BCUT2D eigenvalue weighted by Gasteiger charge is 2.14. The minimum absolute atomic E-state index is 0.123. The van der Waals surface area contributed by atoms with Crippen LogP contribution in [0.3, 0.4) is 0 Å². The fourth-order valence-corrected chi connectivity index (χ4v) is 2.00. The Bertz CT molecular complexity index is 609. The lowest BCUT2D eigenvalue weighted by Crippen LogP contribution is -2.31. The summed E-state index contributed by atoms with van der Waals surface area (Å²) >= 11 is 0. The molecule has 0 fully saturated rings. The number of hydrogen-bond acceptors (Lipinski definition) is 4. The molecular formula is C16H19FN4O. The van der Waals surface area contributed by atoms with Gasteiger partial charge in [-0.3, -0.25) is 4.79 Å². The first-order valence-electron chi connectivity index (χ1n) is 7.23. The maximum atomic E-state index is 12.8. The van der Waals surface area contributed by atoms with E-state index in [0.29, 0.717) is 31.1 Å². The summed E-state index contributed by atoms with van der Waals surface area (Å²) in [5.41, 5.74) is 1.27. The molecule has 0 atom stereocenters. The molecule has 0 unspecified atom stereocenters. The van der Waals surface area contributed by atoms with Gasteiger partial charge in [-0.05, 0) is 31.5 Å². The van der Waals surface area contributed by atoms with Gasteiger partial charge in [-0.1, -0.05) is 12.1 Å². The van der Waals surface area contributed by atoms with E-state index in [1.165, 1.54) is 24.5 Å². The van der Waals surface area contributed by atoms with Crippen LogP contribution in [0.4, 0.5) is 10.2 Å². The second-order valence-corrected chi connectivity index (χ2v) is 4.74. The number of nitrogens with one attached hydrogen (secondary N) is 1. The molecule has 22 heavy (non-hydrogen) atoms. The van der Waals surface area contributed by atoms with Gasteiger partial charge in [-0.2, -0.15) is 0 Å². The molecule has 1 aromatic heterocycles. The van der Waals surface area contributed by atoms with E-state index < -0.39 is 0 Å². The van der Waals surface area contributed by atoms with Crippen LogP contribution in [0, 0.1) is 5.82 Å². The number of hydrogen-bond donors (Lipinski definition) is 1. The van der Waals surface area contributed by atoms with Gasteiger partial charge in [0.05, 0.1) is 12.4 Å². The second kappa shape index (κ2) is 7.49. The Labute approximate surface area is 129 Å². The Kier molecular flexibility index (Phi) is 5.41. The summed E-state index contributed by atoms with van der Waals surface area (Å²) in [6.45, 7) is 5.64. The minimum Gasteiger partial charge on any atom is -0.365 e. The zero-order valence-electron chi connectivity index (χ0n) is 12.7. The van der Waals surface area contributed by atoms with Crippen molar-refractivity contribution in [1.82, 2.24) is 14.9 Å². The van der Waals surface area contributed by atoms with Crippen molar-refractivity contribution in [2.24, 2.45) is 0 Å². The molecule has 2 aromatic rings. The van der Waals surface area contributed by atoms with E-state index in [9.17, 15) is 9.18 Å². The molecule has 116 valence electrons. The summed E-state index contributed by atoms with van der Waals surface area (Å²) in [6, 6.07) is 6.23. The predicted molar refractivity (Wildman–Crippen MR) is 83.0 cm³/mol. The summed E-state index contributed by atoms with van der Waals surface area (Å²) in [5, 5.41) is 3.08. The molecule has 1 N–H and O–H groups in total. The average Bonchev–Trinajstić information content (AvgIpc) is 2.56. The van der Waals surface area contributed by atoms with Crippen LogP contribution >= 0.6 is 0 Å². The van der Waals surface area contributed by atoms with Gasteiger partial charge in [0, 0.05) is 19.6 Å². The highest BCUT2D eigenvalue weighted by molar-refractivity contribution is 5.92. The first-order valence-corrected chi connectivity index (χ1v) is 7.23. The summed E-state index contributed by atoms with van der Waals surface area (Å²) in [5.74, 6) is 0.186. The van der Waals surface area contributed by atoms with E-state index in [2.05, 4.69) is 15.3 Å². The molecule has 0 aliphatic rings. The highest BCUT2D eigenvalue weighted by atomic mass is 19.1. The van der Waals surface area contributed by atoms with E-state index >= 15 is 0 Å². The van der Waals surface area contributed by atoms with Gasteiger partial charge >= 0.3 is 0 Å². The molecule has 0 aliphatic heterocycles. The third kappa shape index (κ3) is 4.00. The summed E-state index contributed by atoms with van der Waals surface area (Å²) in [4.78, 5) is 22.1. The van der Waals surface area contributed by atoms with E-state index in [1.807, 2.05) is 13.8 Å². The molecule has 2 rings (SSSR count). The molecule has 1 heterocycles. The summed E-state index contributed by atoms with van der Waals surface area (Å²) in [6.07, 6.45) is 2.99. The monoisotopic (exact) mass is 302 g/mol. The van der Waals surface area contributed by atoms with Crippen molar-refractivity contribution in [3.05, 3.63) is 53.7 Å². The Morgan fingerprint density at radius 2 is 1.82 bits per heavy atom. The number of aromatic nitrogens is 2. The lowest BCUT2D eigenvalue weighted by atomic mass is 10.2. The van der Waals surface area contributed by atoms with Crippen LogP contribution in [-0.4, -0.2) is 33.9 Å². The topological polar surface area (TPSA) is 58.1 Å². The minimum atomic E-state index is -0.261. The molecule has 0 aliphatic carbocycles. The van der Waals surface area contributed by atoms with Gasteiger partial charge in [0.1, 0.15) is 17.3 Å². The van der Waals surface area contributed by atoms with Gasteiger partial charge in [0.25, 0.3) is 5.91 Å². The summed E-state index contributed by atoms with van der Waals surface area (Å²) in [7, 11) is 0. The van der Waals surface area contributed by atoms with Crippen molar-refractivity contribution < 1.29 is 9.18 Å². The largest absolute Gasteiger partial charge is 0.365 e. The molecule has 6 heteroatoms. The maximum absolute atomic E-state index is 12.8. The molecule has 0 saturated carbocycles. The van der Waals surface area contributed by atoms with Crippen molar-refractivity contribution in [3.8, 4) is 0 Å². The quantitative estimate of drug-likeness (QED) is 0.891. The molecule has 1 aromatic carbocycles. The highest BCUT2D eigenvalue weighted by Crippen LogP contribution is 2.08. The van der Waals surface area contributed by atoms with Crippen molar-refractivity contribution in [2.75, 3.05) is 18.4 Å². The number of nitrogens with zero attached hydrogens (tertiary/aromatic N) is 3. The zero-order chi connectivity index (χ0) is 15.9. The third-order valence-corrected chi connectivity index (χ3v) is 3.31. The number of rotatable bonds is 6. The van der Waals surface area contributed by atoms with Crippen LogP contribution < -0.4 is 5.32 Å². The van der Waals surface area contributed by atoms with Crippen molar-refractivity contribution in [3.63, 3.8) is 0 Å². The smallest absolute Gasteiger partial charge is 0.274 e. The van der Waals surface area contributed by atoms with Gasteiger partial charge in [-0.15, -0.1) is 0 Å². The number of carbonyl (C=O) groups is 1. The van der Waals surface area contributed by atoms with E-state index in [1.54, 1.807) is 17.0 Å². The third-order valence-electron chi connectivity index (χ3n) is 3.31. The van der Waals surface area contributed by atoms with Crippen molar-refractivity contribution in [2.45, 2.75) is 20.4 Å². The lowest BCUT2D eigenvalue weighted by molar-refractivity contribution is 0.0766. The predicted octanol–water partition coefficient (Wildman–Crippen LogP) is 2.71. The van der Waals surface area contributed by atoms with E-state index in [-0.39, 0.29) is 11.7 Å². The van der Waals surface area contributed by atoms with E-state index in [0.717, 1.165) is 5.56 Å². The first kappa shape index (κ1) is 15.9. The average molecular weight is 302 g/mol. The number of carbonyl (C=O) groups excluding carboxylic acids is 1. The fraction of sp³-hybridized carbons (Fsp3) is 0.312. The molecule has 0 radical (unpaired) electrons. The lowest BCUT2D eigenvalue weighted by Gasteiger charge is -2.17. The first-order chi connectivity index (χ1) is 10.6. The van der Waals surface area contributed by atoms with Crippen LogP contribution in [0.5, 0.6) is 0 Å². The number of halogens is 1. The molecule has 0 saturated heterocycles. The zero-order valence-corrected chi connectivity index (χ0v) is 12.7. The number of amides is 1. The number of anilines is 1. The molecule has 5 nitrogen and oxygen atoms in total. The number of benzene rings is 1. The second-order valence-electron chi connectivity index (χ2n) is 4.74. The molecule has 1 amide bonds. The van der Waals surface area contributed by atoms with Crippen LogP contribution in [0.15, 0.2) is 36.7 Å². The standard InChI is InChI=1S/C16H19FN4O/c1-3-21(4-2)16(22)14-10-20-15(11-18-14)19-9-12-5-7-13(17)8-6-12/h5-8,10-11H,3-4,9H2,1-2H3,(H,19,20). The Hall–Kier alpha value is -2.50. The SMILES string of the molecule is CCN(CC)C(=O)c1cnc(NCc2ccc(F)cc2)cn1. The van der Waals surface area contributed by atoms with Crippen LogP contribution in [-0.2, 0) is 6.54 Å². The van der Waals surface area contributed by atoms with Crippen molar-refractivity contribution in [1.29, 1.82) is 0 Å². The van der Waals surface area contributed by atoms with Crippen molar-refractivity contribution >= 4 is 11.7 Å². The Balaban J connectivity index is 1.97. The molecule has 0 bridgehead atoms. The van der Waals surface area contributed by atoms with Gasteiger partial charge in [0.2, 0.25) is 0 Å². The Morgan fingerprint density at radius 3 is 2.36 bits per heavy atom. The van der Waals surface area contributed by atoms with Crippen LogP contribution in [0.25, 0.3) is 0 Å².